The molecule has 1 heterocycles. The van der Waals surface area contributed by atoms with Gasteiger partial charge >= 0.3 is 0 Å². The van der Waals surface area contributed by atoms with Crippen LogP contribution < -0.4 is 15.0 Å². The highest BCUT2D eigenvalue weighted by Crippen LogP contribution is 2.28. The van der Waals surface area contributed by atoms with Crippen molar-refractivity contribution in [3.63, 3.8) is 0 Å². The van der Waals surface area contributed by atoms with E-state index in [1.165, 1.54) is 0 Å². The maximum atomic E-state index is 12.5. The van der Waals surface area contributed by atoms with Gasteiger partial charge in [0.1, 0.15) is 17.4 Å². The predicted molar refractivity (Wildman–Crippen MR) is 109 cm³/mol. The molecule has 1 fully saturated rings. The predicted octanol–water partition coefficient (Wildman–Crippen LogP) is 3.39. The first-order valence-electron chi connectivity index (χ1n) is 9.11. The van der Waals surface area contributed by atoms with E-state index in [0.717, 1.165) is 24.3 Å². The van der Waals surface area contributed by atoms with Gasteiger partial charge in [-0.25, -0.2) is 0 Å². The third-order valence-corrected chi connectivity index (χ3v) is 4.53. The van der Waals surface area contributed by atoms with Crippen molar-refractivity contribution >= 4 is 23.4 Å². The van der Waals surface area contributed by atoms with Gasteiger partial charge < -0.3 is 19.7 Å². The second-order valence-corrected chi connectivity index (χ2v) is 6.52. The van der Waals surface area contributed by atoms with Crippen LogP contribution in [-0.2, 0) is 9.53 Å². The Bertz CT molecular complexity index is 925. The Morgan fingerprint density at radius 3 is 2.71 bits per heavy atom. The number of morpholine rings is 1. The normalized spacial score (nSPS) is 14.3. The summed E-state index contributed by atoms with van der Waals surface area (Å²) in [5, 5.41) is 12.2. The molecule has 3 rings (SSSR count). The van der Waals surface area contributed by atoms with Gasteiger partial charge in [-0.05, 0) is 42.8 Å². The molecular formula is C22H23N3O3. The third kappa shape index (κ3) is 4.70. The summed E-state index contributed by atoms with van der Waals surface area (Å²) in [5.74, 6) is 0.160. The van der Waals surface area contributed by atoms with E-state index in [4.69, 9.17) is 9.47 Å². The van der Waals surface area contributed by atoms with Gasteiger partial charge in [0.25, 0.3) is 5.91 Å². The molecule has 1 aliphatic heterocycles. The van der Waals surface area contributed by atoms with E-state index in [2.05, 4.69) is 10.2 Å². The number of nitriles is 1. The fourth-order valence-electron chi connectivity index (χ4n) is 3.06. The molecule has 0 saturated carbocycles. The van der Waals surface area contributed by atoms with E-state index in [9.17, 15) is 10.1 Å². The average molecular weight is 377 g/mol. The molecular weight excluding hydrogens is 354 g/mol. The van der Waals surface area contributed by atoms with Crippen LogP contribution in [0.2, 0.25) is 0 Å². The molecule has 28 heavy (non-hydrogen) atoms. The molecule has 144 valence electrons. The van der Waals surface area contributed by atoms with Crippen LogP contribution in [-0.4, -0.2) is 39.3 Å². The summed E-state index contributed by atoms with van der Waals surface area (Å²) in [6.07, 6.45) is 1.55. The standard InChI is InChI=1S/C22H23N3O3/c1-16-4-3-5-19(12-16)24-22(26)18(15-23)13-17-6-7-20(14-21(17)27-2)25-8-10-28-11-9-25/h3-7,12-14H,8-11H2,1-2H3,(H,24,26)/b18-13-. The summed E-state index contributed by atoms with van der Waals surface area (Å²) < 4.78 is 10.9. The molecule has 0 aromatic heterocycles. The summed E-state index contributed by atoms with van der Waals surface area (Å²) in [6, 6.07) is 15.2. The van der Waals surface area contributed by atoms with Crippen molar-refractivity contribution in [3.05, 3.63) is 59.2 Å². The lowest BCUT2D eigenvalue weighted by Gasteiger charge is -2.29. The Balaban J connectivity index is 1.82. The van der Waals surface area contributed by atoms with Gasteiger partial charge in [0.05, 0.1) is 20.3 Å². The lowest BCUT2D eigenvalue weighted by Crippen LogP contribution is -2.36. The van der Waals surface area contributed by atoms with Gasteiger partial charge in [-0.1, -0.05) is 12.1 Å². The van der Waals surface area contributed by atoms with E-state index < -0.39 is 5.91 Å². The number of amides is 1. The number of nitrogens with one attached hydrogen (secondary N) is 1. The second kappa shape index (κ2) is 9.07. The van der Waals surface area contributed by atoms with Crippen LogP contribution in [0.25, 0.3) is 6.08 Å². The maximum Gasteiger partial charge on any atom is 0.266 e. The van der Waals surface area contributed by atoms with Gasteiger partial charge in [0.2, 0.25) is 0 Å². The summed E-state index contributed by atoms with van der Waals surface area (Å²) in [4.78, 5) is 14.7. The average Bonchev–Trinajstić information content (AvgIpc) is 2.72. The van der Waals surface area contributed by atoms with Crippen molar-refractivity contribution in [2.45, 2.75) is 6.92 Å². The number of nitrogens with zero attached hydrogens (tertiary/aromatic N) is 2. The maximum absolute atomic E-state index is 12.5. The van der Waals surface area contributed by atoms with E-state index in [1.807, 2.05) is 49.4 Å². The molecule has 1 saturated heterocycles. The molecule has 0 bridgehead atoms. The van der Waals surface area contributed by atoms with Gasteiger partial charge in [-0.2, -0.15) is 5.26 Å². The number of hydrogen-bond acceptors (Lipinski definition) is 5. The van der Waals surface area contributed by atoms with E-state index in [1.54, 1.807) is 19.3 Å². The Morgan fingerprint density at radius 2 is 2.04 bits per heavy atom. The first kappa shape index (κ1) is 19.5. The molecule has 0 aliphatic carbocycles. The van der Waals surface area contributed by atoms with Crippen LogP contribution in [0.1, 0.15) is 11.1 Å². The number of rotatable bonds is 5. The highest BCUT2D eigenvalue weighted by molar-refractivity contribution is 6.09. The molecule has 0 spiro atoms. The molecule has 2 aromatic rings. The Kier molecular flexibility index (Phi) is 6.30. The molecule has 1 aliphatic rings. The van der Waals surface area contributed by atoms with Crippen LogP contribution in [0.4, 0.5) is 11.4 Å². The van der Waals surface area contributed by atoms with Gasteiger partial charge in [0, 0.05) is 36.1 Å². The Morgan fingerprint density at radius 1 is 1.25 bits per heavy atom. The van der Waals surface area contributed by atoms with E-state index in [0.29, 0.717) is 30.2 Å². The van der Waals surface area contributed by atoms with E-state index in [-0.39, 0.29) is 5.57 Å². The highest BCUT2D eigenvalue weighted by Gasteiger charge is 2.15. The monoisotopic (exact) mass is 377 g/mol. The third-order valence-electron chi connectivity index (χ3n) is 4.53. The lowest BCUT2D eigenvalue weighted by molar-refractivity contribution is -0.112. The number of benzene rings is 2. The topological polar surface area (TPSA) is 74.6 Å². The lowest BCUT2D eigenvalue weighted by atomic mass is 10.1. The van der Waals surface area contributed by atoms with Crippen LogP contribution in [0.15, 0.2) is 48.0 Å². The zero-order valence-corrected chi connectivity index (χ0v) is 16.1. The van der Waals surface area contributed by atoms with Crippen molar-refractivity contribution in [1.82, 2.24) is 0 Å². The molecule has 0 radical (unpaired) electrons. The summed E-state index contributed by atoms with van der Waals surface area (Å²) in [5.41, 5.74) is 3.40. The Hall–Kier alpha value is -3.30. The number of hydrogen-bond donors (Lipinski definition) is 1. The van der Waals surface area contributed by atoms with Crippen molar-refractivity contribution < 1.29 is 14.3 Å². The molecule has 1 amide bonds. The van der Waals surface area contributed by atoms with E-state index >= 15 is 0 Å². The van der Waals surface area contributed by atoms with Crippen molar-refractivity contribution in [2.75, 3.05) is 43.6 Å². The minimum atomic E-state index is -0.451. The molecule has 0 unspecified atom stereocenters. The first-order chi connectivity index (χ1) is 13.6. The summed E-state index contributed by atoms with van der Waals surface area (Å²) in [6.45, 7) is 4.97. The van der Waals surface area contributed by atoms with Gasteiger partial charge in [-0.3, -0.25) is 4.79 Å². The van der Waals surface area contributed by atoms with Gasteiger partial charge in [-0.15, -0.1) is 0 Å². The molecule has 1 N–H and O–H groups in total. The molecule has 2 aromatic carbocycles. The fourth-order valence-corrected chi connectivity index (χ4v) is 3.06. The fraction of sp³-hybridized carbons (Fsp3) is 0.273. The van der Waals surface area contributed by atoms with Crippen molar-refractivity contribution in [1.29, 1.82) is 5.26 Å². The molecule has 6 heteroatoms. The second-order valence-electron chi connectivity index (χ2n) is 6.52. The highest BCUT2D eigenvalue weighted by atomic mass is 16.5. The number of carbonyl (C=O) groups is 1. The minimum Gasteiger partial charge on any atom is -0.496 e. The largest absolute Gasteiger partial charge is 0.496 e. The number of ether oxygens (including phenoxy) is 2. The van der Waals surface area contributed by atoms with Crippen molar-refractivity contribution in [3.8, 4) is 11.8 Å². The molecule has 6 nitrogen and oxygen atoms in total. The summed E-state index contributed by atoms with van der Waals surface area (Å²) >= 11 is 0. The SMILES string of the molecule is COc1cc(N2CCOCC2)ccc1/C=C(/C#N)C(=O)Nc1cccc(C)c1. The van der Waals surface area contributed by atoms with Crippen LogP contribution in [0.3, 0.4) is 0 Å². The first-order valence-corrected chi connectivity index (χ1v) is 9.11. The van der Waals surface area contributed by atoms with Crippen LogP contribution in [0.5, 0.6) is 5.75 Å². The Labute approximate surface area is 165 Å². The zero-order valence-electron chi connectivity index (χ0n) is 16.1. The number of aryl methyl sites for hydroxylation is 1. The smallest absolute Gasteiger partial charge is 0.266 e. The summed E-state index contributed by atoms with van der Waals surface area (Å²) in [7, 11) is 1.58. The van der Waals surface area contributed by atoms with Crippen LogP contribution in [0, 0.1) is 18.3 Å². The molecule has 0 atom stereocenters. The minimum absolute atomic E-state index is 0.0129. The van der Waals surface area contributed by atoms with Gasteiger partial charge in [0.15, 0.2) is 0 Å². The zero-order chi connectivity index (χ0) is 19.9. The van der Waals surface area contributed by atoms with Crippen LogP contribution >= 0.6 is 0 Å². The quantitative estimate of drug-likeness (QED) is 0.639. The number of methoxy groups -OCH3 is 1. The number of carbonyl (C=O) groups excluding carboxylic acids is 1. The number of anilines is 2. The van der Waals surface area contributed by atoms with Crippen molar-refractivity contribution in [2.24, 2.45) is 0 Å².